The Bertz CT molecular complexity index is 867. The van der Waals surface area contributed by atoms with Gasteiger partial charge in [-0.3, -0.25) is 14.4 Å². The highest BCUT2D eigenvalue weighted by Gasteiger charge is 2.22. The van der Waals surface area contributed by atoms with E-state index in [9.17, 15) is 22.0 Å². The van der Waals surface area contributed by atoms with Gasteiger partial charge in [-0.05, 0) is 42.0 Å². The van der Waals surface area contributed by atoms with Crippen LogP contribution in [0.15, 0.2) is 42.5 Å². The number of carbonyl (C=O) groups is 1. The van der Waals surface area contributed by atoms with Gasteiger partial charge in [-0.15, -0.1) is 0 Å². The van der Waals surface area contributed by atoms with Gasteiger partial charge in [0.25, 0.3) is 5.91 Å². The van der Waals surface area contributed by atoms with E-state index >= 15 is 0 Å². The molecule has 0 radical (unpaired) electrons. The average molecular weight is 395 g/mol. The van der Waals surface area contributed by atoms with Crippen molar-refractivity contribution in [3.05, 3.63) is 65.2 Å². The second-order valence-electron chi connectivity index (χ2n) is 6.29. The Morgan fingerprint density at radius 1 is 0.963 bits per heavy atom. The maximum absolute atomic E-state index is 13.3. The van der Waals surface area contributed by atoms with Crippen LogP contribution in [-0.4, -0.2) is 50.3 Å². The predicted octanol–water partition coefficient (Wildman–Crippen LogP) is 1.86. The zero-order chi connectivity index (χ0) is 19.4. The van der Waals surface area contributed by atoms with Gasteiger partial charge in [0.05, 0.1) is 0 Å². The number of hydrogen-bond acceptors (Lipinski definition) is 4. The highest BCUT2D eigenvalue weighted by Crippen LogP contribution is 2.15. The zero-order valence-electron chi connectivity index (χ0n) is 14.4. The molecule has 0 aliphatic carbocycles. The lowest BCUT2D eigenvalue weighted by Crippen LogP contribution is -2.48. The summed E-state index contributed by atoms with van der Waals surface area (Å²) >= 11 is 0. The largest absolute Gasteiger partial charge is 0.336 e. The molecule has 144 valence electrons. The van der Waals surface area contributed by atoms with E-state index in [4.69, 9.17) is 0 Å². The number of rotatable bonds is 5. The summed E-state index contributed by atoms with van der Waals surface area (Å²) in [5, 5.41) is 0. The molecule has 0 bridgehead atoms. The summed E-state index contributed by atoms with van der Waals surface area (Å²) in [6.45, 7) is 2.62. The molecule has 3 rings (SSSR count). The molecule has 9 heteroatoms. The third-order valence-corrected chi connectivity index (χ3v) is 4.78. The summed E-state index contributed by atoms with van der Waals surface area (Å²) in [6.07, 6.45) is 0. The van der Waals surface area contributed by atoms with Crippen LogP contribution in [0.2, 0.25) is 0 Å². The molecule has 0 unspecified atom stereocenters. The third kappa shape index (κ3) is 5.24. The molecule has 0 aromatic heterocycles. The van der Waals surface area contributed by atoms with Crippen molar-refractivity contribution in [1.82, 2.24) is 9.80 Å². The maximum Gasteiger partial charge on any atom is 0.253 e. The molecule has 27 heavy (non-hydrogen) atoms. The van der Waals surface area contributed by atoms with Crippen molar-refractivity contribution in [2.75, 3.05) is 30.9 Å². The van der Waals surface area contributed by atoms with Crippen LogP contribution >= 0.6 is 0 Å². The topological polar surface area (TPSA) is 69.7 Å². The number of amides is 1. The minimum absolute atomic E-state index is 0.135. The lowest BCUT2D eigenvalue weighted by molar-refractivity contribution is 0.0628. The Morgan fingerprint density at radius 3 is 2.11 bits per heavy atom. The van der Waals surface area contributed by atoms with Crippen molar-refractivity contribution in [1.29, 1.82) is 0 Å². The van der Waals surface area contributed by atoms with Crippen molar-refractivity contribution in [3.8, 4) is 0 Å². The summed E-state index contributed by atoms with van der Waals surface area (Å²) in [4.78, 5) is 16.3. The minimum Gasteiger partial charge on any atom is -0.336 e. The van der Waals surface area contributed by atoms with Crippen LogP contribution in [-0.2, 0) is 17.4 Å². The summed E-state index contributed by atoms with van der Waals surface area (Å²) < 4.78 is 50.1. The summed E-state index contributed by atoms with van der Waals surface area (Å²) in [5.41, 5.74) is 1.43. The van der Waals surface area contributed by atoms with E-state index in [2.05, 4.69) is 4.72 Å². The van der Waals surface area contributed by atoms with Gasteiger partial charge in [-0.25, -0.2) is 17.2 Å². The van der Waals surface area contributed by atoms with E-state index in [-0.39, 0.29) is 5.91 Å². The van der Waals surface area contributed by atoms with Crippen LogP contribution in [0, 0.1) is 11.6 Å². The zero-order valence-corrected chi connectivity index (χ0v) is 15.3. The van der Waals surface area contributed by atoms with Crippen LogP contribution < -0.4 is 4.72 Å². The molecule has 1 heterocycles. The van der Waals surface area contributed by atoms with Crippen molar-refractivity contribution >= 4 is 22.5 Å². The molecule has 1 saturated heterocycles. The van der Waals surface area contributed by atoms with Crippen molar-refractivity contribution in [3.63, 3.8) is 0 Å². The molecule has 6 nitrogen and oxygen atoms in total. The number of anilines is 1. The van der Waals surface area contributed by atoms with Crippen LogP contribution in [0.5, 0.6) is 0 Å². The number of benzene rings is 2. The minimum atomic E-state index is -2.74. The standard InChI is InChI=1S/C18H19F2N3O3S/c19-15-9-13(10-16(20)11-15)12-22-5-7-23(8-6-22)18(24)14-1-3-17(4-2-14)21-27(25)26/h1-4,9-11,27H,5-8,12H2,(H,21,25,26). The van der Waals surface area contributed by atoms with E-state index in [0.29, 0.717) is 49.5 Å². The molecule has 2 aromatic carbocycles. The number of nitrogens with zero attached hydrogens (tertiary/aromatic N) is 2. The lowest BCUT2D eigenvalue weighted by Gasteiger charge is -2.34. The number of piperazine rings is 1. The number of nitrogens with one attached hydrogen (secondary N) is 1. The molecule has 0 saturated carbocycles. The Morgan fingerprint density at radius 2 is 1.56 bits per heavy atom. The smallest absolute Gasteiger partial charge is 0.253 e. The highest BCUT2D eigenvalue weighted by molar-refractivity contribution is 7.73. The van der Waals surface area contributed by atoms with Crippen molar-refractivity contribution < 1.29 is 22.0 Å². The van der Waals surface area contributed by atoms with Gasteiger partial charge in [0.2, 0.25) is 10.9 Å². The van der Waals surface area contributed by atoms with Gasteiger partial charge in [0.15, 0.2) is 0 Å². The number of halogens is 2. The fourth-order valence-electron chi connectivity index (χ4n) is 3.04. The molecule has 1 N–H and O–H groups in total. The quantitative estimate of drug-likeness (QED) is 0.759. The van der Waals surface area contributed by atoms with E-state index in [1.54, 1.807) is 17.0 Å². The third-order valence-electron chi connectivity index (χ3n) is 4.34. The van der Waals surface area contributed by atoms with Gasteiger partial charge in [0, 0.05) is 50.0 Å². The van der Waals surface area contributed by atoms with E-state index in [1.165, 1.54) is 24.3 Å². The molecular weight excluding hydrogens is 376 g/mol. The van der Waals surface area contributed by atoms with Gasteiger partial charge in [-0.2, -0.15) is 0 Å². The van der Waals surface area contributed by atoms with E-state index < -0.39 is 22.5 Å². The number of hydrogen-bond donors (Lipinski definition) is 2. The van der Waals surface area contributed by atoms with Crippen LogP contribution in [0.4, 0.5) is 14.5 Å². The van der Waals surface area contributed by atoms with E-state index in [1.807, 2.05) is 4.90 Å². The molecule has 2 aromatic rings. The number of thiol groups is 1. The van der Waals surface area contributed by atoms with Crippen LogP contribution in [0.1, 0.15) is 15.9 Å². The fourth-order valence-corrected chi connectivity index (χ4v) is 3.40. The molecule has 1 fully saturated rings. The Kier molecular flexibility index (Phi) is 6.02. The normalized spacial score (nSPS) is 15.1. The van der Waals surface area contributed by atoms with Crippen LogP contribution in [0.3, 0.4) is 0 Å². The predicted molar refractivity (Wildman–Crippen MR) is 97.9 cm³/mol. The monoisotopic (exact) mass is 395 g/mol. The number of carbonyl (C=O) groups excluding carboxylic acids is 1. The first-order valence-corrected chi connectivity index (χ1v) is 9.56. The van der Waals surface area contributed by atoms with Crippen LogP contribution in [0.25, 0.3) is 0 Å². The van der Waals surface area contributed by atoms with Gasteiger partial charge in [-0.1, -0.05) is 0 Å². The second-order valence-corrected chi connectivity index (χ2v) is 7.03. The summed E-state index contributed by atoms with van der Waals surface area (Å²) in [6, 6.07) is 9.69. The van der Waals surface area contributed by atoms with Crippen molar-refractivity contribution in [2.45, 2.75) is 6.54 Å². The maximum atomic E-state index is 13.3. The first kappa shape index (κ1) is 19.2. The van der Waals surface area contributed by atoms with Gasteiger partial charge in [0.1, 0.15) is 11.6 Å². The summed E-state index contributed by atoms with van der Waals surface area (Å²) in [5.74, 6) is -1.33. The SMILES string of the molecule is O=C(c1ccc(N[SH](=O)=O)cc1)N1CCN(Cc2cc(F)cc(F)c2)CC1. The average Bonchev–Trinajstić information content (AvgIpc) is 2.61. The Labute approximate surface area is 157 Å². The lowest BCUT2D eigenvalue weighted by atomic mass is 10.1. The first-order chi connectivity index (χ1) is 12.9. The summed E-state index contributed by atoms with van der Waals surface area (Å²) in [7, 11) is -2.74. The molecule has 0 spiro atoms. The fraction of sp³-hybridized carbons (Fsp3) is 0.278. The molecule has 1 amide bonds. The van der Waals surface area contributed by atoms with Gasteiger partial charge >= 0.3 is 0 Å². The molecular formula is C18H19F2N3O3S. The second kappa shape index (κ2) is 8.45. The highest BCUT2D eigenvalue weighted by atomic mass is 32.2. The first-order valence-electron chi connectivity index (χ1n) is 8.38. The van der Waals surface area contributed by atoms with Crippen molar-refractivity contribution in [2.24, 2.45) is 0 Å². The molecule has 1 aliphatic heterocycles. The van der Waals surface area contributed by atoms with Gasteiger partial charge < -0.3 is 4.90 Å². The Balaban J connectivity index is 1.56. The Hall–Kier alpha value is -2.52. The van der Waals surface area contributed by atoms with E-state index in [0.717, 1.165) is 6.07 Å². The molecule has 0 atom stereocenters. The molecule has 1 aliphatic rings.